The van der Waals surface area contributed by atoms with Crippen LogP contribution in [0.5, 0.6) is 5.75 Å². The number of carboxylic acids is 1. The number of rotatable bonds is 4. The summed E-state index contributed by atoms with van der Waals surface area (Å²) in [6.07, 6.45) is -3.85. The molecular formula is C10H9F3O3. The summed E-state index contributed by atoms with van der Waals surface area (Å²) in [5, 5.41) is 17.7. The van der Waals surface area contributed by atoms with E-state index >= 15 is 0 Å². The highest BCUT2D eigenvalue weighted by Crippen LogP contribution is 2.34. The van der Waals surface area contributed by atoms with Crippen LogP contribution in [0.4, 0.5) is 13.2 Å². The van der Waals surface area contributed by atoms with Crippen molar-refractivity contribution in [3.8, 4) is 5.75 Å². The molecule has 0 saturated heterocycles. The number of aliphatic carboxylic acids is 1. The van der Waals surface area contributed by atoms with Crippen LogP contribution in [-0.4, -0.2) is 22.6 Å². The average Bonchev–Trinajstić information content (AvgIpc) is 2.18. The standard InChI is InChI=1S/C10H9F3O3/c11-7-3-1-2-5(9(7)16)6(10(12)13)4-8(14)15/h1-3,6,10,16H,4H2,(H,14,15). The van der Waals surface area contributed by atoms with E-state index < -0.39 is 41.9 Å². The molecule has 0 saturated carbocycles. The molecule has 0 amide bonds. The topological polar surface area (TPSA) is 57.5 Å². The number of carboxylic acid groups (broad SMARTS) is 1. The van der Waals surface area contributed by atoms with Gasteiger partial charge in [-0.15, -0.1) is 0 Å². The zero-order valence-electron chi connectivity index (χ0n) is 8.03. The Hall–Kier alpha value is -1.72. The first-order chi connectivity index (χ1) is 7.43. The highest BCUT2D eigenvalue weighted by atomic mass is 19.3. The lowest BCUT2D eigenvalue weighted by Gasteiger charge is -2.15. The molecule has 6 heteroatoms. The Labute approximate surface area is 89.1 Å². The molecule has 0 radical (unpaired) electrons. The summed E-state index contributed by atoms with van der Waals surface area (Å²) in [5.41, 5.74) is -0.391. The molecule has 0 aliphatic carbocycles. The Bertz CT molecular complexity index is 393. The molecule has 0 aliphatic rings. The molecular weight excluding hydrogens is 225 g/mol. The predicted octanol–water partition coefficient (Wildman–Crippen LogP) is 2.35. The third-order valence-corrected chi connectivity index (χ3v) is 2.12. The summed E-state index contributed by atoms with van der Waals surface area (Å²) in [6.45, 7) is 0. The van der Waals surface area contributed by atoms with Crippen LogP contribution in [0.2, 0.25) is 0 Å². The van der Waals surface area contributed by atoms with Crippen LogP contribution in [-0.2, 0) is 4.79 Å². The monoisotopic (exact) mass is 234 g/mol. The van der Waals surface area contributed by atoms with Crippen LogP contribution in [0, 0.1) is 5.82 Å². The fraction of sp³-hybridized carbons (Fsp3) is 0.300. The Kier molecular flexibility index (Phi) is 3.76. The van der Waals surface area contributed by atoms with Gasteiger partial charge in [0.05, 0.1) is 12.3 Å². The smallest absolute Gasteiger partial charge is 0.304 e. The van der Waals surface area contributed by atoms with Crippen molar-refractivity contribution in [1.82, 2.24) is 0 Å². The van der Waals surface area contributed by atoms with Crippen molar-refractivity contribution in [2.24, 2.45) is 0 Å². The van der Waals surface area contributed by atoms with Gasteiger partial charge in [0.15, 0.2) is 11.6 Å². The first kappa shape index (κ1) is 12.4. The number of aromatic hydroxyl groups is 1. The van der Waals surface area contributed by atoms with Crippen molar-refractivity contribution in [1.29, 1.82) is 0 Å². The first-order valence-electron chi connectivity index (χ1n) is 4.40. The highest BCUT2D eigenvalue weighted by molar-refractivity contribution is 5.68. The maximum Gasteiger partial charge on any atom is 0.304 e. The molecule has 3 nitrogen and oxygen atoms in total. The summed E-state index contributed by atoms with van der Waals surface area (Å²) in [7, 11) is 0. The molecule has 16 heavy (non-hydrogen) atoms. The van der Waals surface area contributed by atoms with Crippen molar-refractivity contribution in [3.05, 3.63) is 29.6 Å². The zero-order valence-corrected chi connectivity index (χ0v) is 8.03. The second-order valence-corrected chi connectivity index (χ2v) is 3.22. The number of alkyl halides is 2. The van der Waals surface area contributed by atoms with Crippen molar-refractivity contribution in [2.45, 2.75) is 18.8 Å². The van der Waals surface area contributed by atoms with Crippen LogP contribution in [0.1, 0.15) is 17.9 Å². The molecule has 0 fully saturated rings. The van der Waals surface area contributed by atoms with Crippen molar-refractivity contribution in [3.63, 3.8) is 0 Å². The van der Waals surface area contributed by atoms with E-state index in [4.69, 9.17) is 5.11 Å². The molecule has 1 aromatic carbocycles. The van der Waals surface area contributed by atoms with Crippen molar-refractivity contribution < 1.29 is 28.2 Å². The first-order valence-corrected chi connectivity index (χ1v) is 4.40. The molecule has 0 spiro atoms. The van der Waals surface area contributed by atoms with E-state index in [0.717, 1.165) is 18.2 Å². The van der Waals surface area contributed by atoms with Crippen LogP contribution in [0.15, 0.2) is 18.2 Å². The molecule has 1 atom stereocenters. The molecule has 1 rings (SSSR count). The number of phenols is 1. The summed E-state index contributed by atoms with van der Waals surface area (Å²) >= 11 is 0. The lowest BCUT2D eigenvalue weighted by atomic mass is 9.95. The van der Waals surface area contributed by atoms with Gasteiger partial charge in [-0.1, -0.05) is 12.1 Å². The average molecular weight is 234 g/mol. The summed E-state index contributed by atoms with van der Waals surface area (Å²) in [4.78, 5) is 10.4. The number of halogens is 3. The van der Waals surface area contributed by atoms with Gasteiger partial charge in [-0.3, -0.25) is 4.79 Å². The van der Waals surface area contributed by atoms with E-state index in [2.05, 4.69) is 0 Å². The Morgan fingerprint density at radius 2 is 2.00 bits per heavy atom. The lowest BCUT2D eigenvalue weighted by Crippen LogP contribution is -2.14. The Morgan fingerprint density at radius 1 is 1.38 bits per heavy atom. The molecule has 1 aromatic rings. The van der Waals surface area contributed by atoms with Gasteiger partial charge in [-0.05, 0) is 6.07 Å². The van der Waals surface area contributed by atoms with Gasteiger partial charge >= 0.3 is 5.97 Å². The van der Waals surface area contributed by atoms with E-state index in [1.807, 2.05) is 0 Å². The summed E-state index contributed by atoms with van der Waals surface area (Å²) in [5.74, 6) is -5.12. The summed E-state index contributed by atoms with van der Waals surface area (Å²) < 4.78 is 38.0. The van der Waals surface area contributed by atoms with E-state index in [1.54, 1.807) is 0 Å². The molecule has 0 heterocycles. The van der Waals surface area contributed by atoms with Gasteiger partial charge in [0, 0.05) is 5.56 Å². The van der Waals surface area contributed by atoms with Crippen LogP contribution < -0.4 is 0 Å². The van der Waals surface area contributed by atoms with Gasteiger partial charge in [0.1, 0.15) is 0 Å². The van der Waals surface area contributed by atoms with Crippen LogP contribution in [0.3, 0.4) is 0 Å². The quantitative estimate of drug-likeness (QED) is 0.840. The minimum absolute atomic E-state index is 0.391. The van der Waals surface area contributed by atoms with Gasteiger partial charge in [0.25, 0.3) is 0 Å². The highest BCUT2D eigenvalue weighted by Gasteiger charge is 2.28. The van der Waals surface area contributed by atoms with Gasteiger partial charge in [-0.2, -0.15) is 0 Å². The second kappa shape index (κ2) is 4.87. The molecule has 88 valence electrons. The number of phenolic OH excluding ortho intramolecular Hbond substituents is 1. The zero-order chi connectivity index (χ0) is 12.3. The van der Waals surface area contributed by atoms with E-state index in [1.165, 1.54) is 0 Å². The predicted molar refractivity (Wildman–Crippen MR) is 49.1 cm³/mol. The van der Waals surface area contributed by atoms with Gasteiger partial charge < -0.3 is 10.2 Å². The number of hydrogen-bond acceptors (Lipinski definition) is 2. The lowest BCUT2D eigenvalue weighted by molar-refractivity contribution is -0.138. The largest absolute Gasteiger partial charge is 0.505 e. The third kappa shape index (κ3) is 2.65. The fourth-order valence-electron chi connectivity index (χ4n) is 1.35. The Balaban J connectivity index is 3.10. The number of benzene rings is 1. The third-order valence-electron chi connectivity index (χ3n) is 2.12. The van der Waals surface area contributed by atoms with E-state index in [9.17, 15) is 23.1 Å². The number of para-hydroxylation sites is 1. The van der Waals surface area contributed by atoms with Crippen molar-refractivity contribution >= 4 is 5.97 Å². The molecule has 0 aliphatic heterocycles. The molecule has 1 unspecified atom stereocenters. The van der Waals surface area contributed by atoms with Crippen molar-refractivity contribution in [2.75, 3.05) is 0 Å². The van der Waals surface area contributed by atoms with Crippen LogP contribution >= 0.6 is 0 Å². The van der Waals surface area contributed by atoms with E-state index in [-0.39, 0.29) is 0 Å². The minimum Gasteiger partial charge on any atom is -0.505 e. The molecule has 0 bridgehead atoms. The molecule has 0 aromatic heterocycles. The normalized spacial score (nSPS) is 12.8. The minimum atomic E-state index is -2.98. The SMILES string of the molecule is O=C(O)CC(c1cccc(F)c1O)C(F)F. The van der Waals surface area contributed by atoms with Gasteiger partial charge in [0.2, 0.25) is 6.43 Å². The maximum absolute atomic E-state index is 12.9. The summed E-state index contributed by atoms with van der Waals surface area (Å²) in [6, 6.07) is 3.13. The second-order valence-electron chi connectivity index (χ2n) is 3.22. The fourth-order valence-corrected chi connectivity index (χ4v) is 1.35. The molecule has 2 N–H and O–H groups in total. The maximum atomic E-state index is 12.9. The number of hydrogen-bond donors (Lipinski definition) is 2. The van der Waals surface area contributed by atoms with Gasteiger partial charge in [-0.25, -0.2) is 13.2 Å². The number of carbonyl (C=O) groups is 1. The van der Waals surface area contributed by atoms with E-state index in [0.29, 0.717) is 0 Å². The van der Waals surface area contributed by atoms with Crippen LogP contribution in [0.25, 0.3) is 0 Å². The Morgan fingerprint density at radius 3 is 2.50 bits per heavy atom.